The molecule has 0 aliphatic rings. The second-order valence-electron chi connectivity index (χ2n) is 4.25. The summed E-state index contributed by atoms with van der Waals surface area (Å²) in [5.74, 6) is 0. The number of thiazole rings is 1. The predicted octanol–water partition coefficient (Wildman–Crippen LogP) is 1.03. The third-order valence-electron chi connectivity index (χ3n) is 2.52. The molecule has 0 unspecified atom stereocenters. The normalized spacial score (nSPS) is 11.9. The maximum Gasteiger partial charge on any atom is 0.184 e. The number of anilines is 2. The summed E-state index contributed by atoms with van der Waals surface area (Å²) in [6.07, 6.45) is 0. The van der Waals surface area contributed by atoms with E-state index in [2.05, 4.69) is 10.3 Å². The van der Waals surface area contributed by atoms with Gasteiger partial charge in [-0.3, -0.25) is 0 Å². The lowest BCUT2D eigenvalue weighted by molar-refractivity contribution is 0.147. The third kappa shape index (κ3) is 2.49. The number of benzene rings is 1. The van der Waals surface area contributed by atoms with Crippen LogP contribution in [0.5, 0.6) is 0 Å². The van der Waals surface area contributed by atoms with Gasteiger partial charge in [0, 0.05) is 5.69 Å². The Labute approximate surface area is 103 Å². The van der Waals surface area contributed by atoms with Gasteiger partial charge in [-0.15, -0.1) is 0 Å². The van der Waals surface area contributed by atoms with Crippen LogP contribution in [0.2, 0.25) is 0 Å². The molecule has 5 N–H and O–H groups in total. The van der Waals surface area contributed by atoms with Crippen molar-refractivity contribution in [1.29, 1.82) is 0 Å². The number of aliphatic hydroxyl groups is 2. The van der Waals surface area contributed by atoms with Crippen LogP contribution in [0.4, 0.5) is 10.8 Å². The van der Waals surface area contributed by atoms with Crippen molar-refractivity contribution in [2.45, 2.75) is 12.5 Å². The molecule has 0 amide bonds. The molecule has 0 saturated heterocycles. The second kappa shape index (κ2) is 4.48. The van der Waals surface area contributed by atoms with Gasteiger partial charge in [-0.05, 0) is 25.1 Å². The van der Waals surface area contributed by atoms with Crippen molar-refractivity contribution in [3.05, 3.63) is 18.2 Å². The Kier molecular flexibility index (Phi) is 3.19. The topological polar surface area (TPSA) is 91.4 Å². The van der Waals surface area contributed by atoms with E-state index in [9.17, 15) is 10.2 Å². The fourth-order valence-electron chi connectivity index (χ4n) is 1.38. The molecule has 0 aliphatic heterocycles. The highest BCUT2D eigenvalue weighted by Gasteiger charge is 2.23. The van der Waals surface area contributed by atoms with Crippen molar-refractivity contribution in [3.8, 4) is 0 Å². The highest BCUT2D eigenvalue weighted by Crippen LogP contribution is 2.29. The molecule has 2 aromatic rings. The van der Waals surface area contributed by atoms with Crippen LogP contribution >= 0.6 is 11.3 Å². The van der Waals surface area contributed by atoms with Crippen LogP contribution in [0.25, 0.3) is 10.2 Å². The Bertz CT molecular complexity index is 522. The molecule has 5 nitrogen and oxygen atoms in total. The molecule has 0 aliphatic carbocycles. The summed E-state index contributed by atoms with van der Waals surface area (Å²) < 4.78 is 0.978. The van der Waals surface area contributed by atoms with E-state index in [-0.39, 0.29) is 13.2 Å². The zero-order valence-corrected chi connectivity index (χ0v) is 10.3. The molecule has 0 atom stereocenters. The van der Waals surface area contributed by atoms with Crippen molar-refractivity contribution in [2.75, 3.05) is 24.3 Å². The van der Waals surface area contributed by atoms with Gasteiger partial charge in [0.25, 0.3) is 0 Å². The number of nitrogen functional groups attached to an aromatic ring is 1. The highest BCUT2D eigenvalue weighted by atomic mass is 32.1. The van der Waals surface area contributed by atoms with Crippen LogP contribution in [0.3, 0.4) is 0 Å². The molecule has 0 radical (unpaired) electrons. The monoisotopic (exact) mass is 253 g/mol. The number of aromatic nitrogens is 1. The Balaban J connectivity index is 2.31. The van der Waals surface area contributed by atoms with E-state index in [4.69, 9.17) is 5.73 Å². The van der Waals surface area contributed by atoms with Crippen LogP contribution in [-0.4, -0.2) is 33.9 Å². The van der Waals surface area contributed by atoms with E-state index in [0.717, 1.165) is 10.2 Å². The molecule has 2 rings (SSSR count). The van der Waals surface area contributed by atoms with Gasteiger partial charge < -0.3 is 21.3 Å². The highest BCUT2D eigenvalue weighted by molar-refractivity contribution is 7.22. The van der Waals surface area contributed by atoms with Crippen molar-refractivity contribution in [1.82, 2.24) is 4.98 Å². The first-order valence-electron chi connectivity index (χ1n) is 5.22. The molecule has 1 aromatic heterocycles. The molecule has 0 fully saturated rings. The van der Waals surface area contributed by atoms with Gasteiger partial charge in [0.2, 0.25) is 0 Å². The summed E-state index contributed by atoms with van der Waals surface area (Å²) in [5, 5.41) is 22.1. The molecule has 1 aromatic carbocycles. The first-order chi connectivity index (χ1) is 8.06. The Morgan fingerprint density at radius 1 is 1.41 bits per heavy atom. The smallest absolute Gasteiger partial charge is 0.184 e. The van der Waals surface area contributed by atoms with Crippen molar-refractivity contribution in [3.63, 3.8) is 0 Å². The maximum absolute atomic E-state index is 9.20. The fraction of sp³-hybridized carbons (Fsp3) is 0.364. The number of nitrogens with two attached hydrogens (primary N) is 1. The van der Waals surface area contributed by atoms with Gasteiger partial charge in [-0.25, -0.2) is 4.98 Å². The summed E-state index contributed by atoms with van der Waals surface area (Å²) in [6.45, 7) is 1.40. The summed E-state index contributed by atoms with van der Waals surface area (Å²) in [7, 11) is 0. The fourth-order valence-corrected chi connectivity index (χ4v) is 2.44. The summed E-state index contributed by atoms with van der Waals surface area (Å²) in [6, 6.07) is 5.50. The van der Waals surface area contributed by atoms with Crippen LogP contribution in [0.1, 0.15) is 6.92 Å². The van der Waals surface area contributed by atoms with Gasteiger partial charge in [0.05, 0.1) is 29.0 Å². The van der Waals surface area contributed by atoms with Crippen LogP contribution in [0.15, 0.2) is 18.2 Å². The summed E-state index contributed by atoms with van der Waals surface area (Å²) in [5.41, 5.74) is 6.47. The van der Waals surface area contributed by atoms with Gasteiger partial charge in [-0.2, -0.15) is 0 Å². The number of rotatable bonds is 4. The lowest BCUT2D eigenvalue weighted by Crippen LogP contribution is -2.42. The average molecular weight is 253 g/mol. The number of fused-ring (bicyclic) bond motifs is 1. The SMILES string of the molecule is CC(CO)(CO)Nc1nc2ccc(N)cc2s1. The average Bonchev–Trinajstić information content (AvgIpc) is 2.70. The van der Waals surface area contributed by atoms with Crippen molar-refractivity contribution >= 4 is 32.4 Å². The van der Waals surface area contributed by atoms with E-state index in [1.807, 2.05) is 12.1 Å². The summed E-state index contributed by atoms with van der Waals surface area (Å²) >= 11 is 1.44. The van der Waals surface area contributed by atoms with Crippen LogP contribution in [0, 0.1) is 0 Å². The quantitative estimate of drug-likeness (QED) is 0.611. The van der Waals surface area contributed by atoms with Gasteiger partial charge in [-0.1, -0.05) is 11.3 Å². The zero-order chi connectivity index (χ0) is 12.5. The van der Waals surface area contributed by atoms with Crippen LogP contribution in [-0.2, 0) is 0 Å². The molecule has 6 heteroatoms. The van der Waals surface area contributed by atoms with Crippen molar-refractivity contribution in [2.24, 2.45) is 0 Å². The molecular formula is C11H15N3O2S. The number of hydrogen-bond acceptors (Lipinski definition) is 6. The molecule has 0 spiro atoms. The van der Waals surface area contributed by atoms with E-state index in [0.29, 0.717) is 10.8 Å². The van der Waals surface area contributed by atoms with E-state index in [1.54, 1.807) is 13.0 Å². The Morgan fingerprint density at radius 2 is 2.12 bits per heavy atom. The first kappa shape index (κ1) is 12.1. The molecule has 0 bridgehead atoms. The zero-order valence-electron chi connectivity index (χ0n) is 9.47. The van der Waals surface area contributed by atoms with Crippen LogP contribution < -0.4 is 11.1 Å². The Morgan fingerprint density at radius 3 is 2.76 bits per heavy atom. The maximum atomic E-state index is 9.20. The standard InChI is InChI=1S/C11H15N3O2S/c1-11(5-15,6-16)14-10-13-8-3-2-7(12)4-9(8)17-10/h2-4,15-16H,5-6,12H2,1H3,(H,13,14). The van der Waals surface area contributed by atoms with Gasteiger partial charge >= 0.3 is 0 Å². The van der Waals surface area contributed by atoms with Gasteiger partial charge in [0.1, 0.15) is 0 Å². The lowest BCUT2D eigenvalue weighted by Gasteiger charge is -2.25. The number of hydrogen-bond donors (Lipinski definition) is 4. The number of aliphatic hydroxyl groups excluding tert-OH is 2. The van der Waals surface area contributed by atoms with Crippen molar-refractivity contribution < 1.29 is 10.2 Å². The minimum Gasteiger partial charge on any atom is -0.399 e. The molecule has 0 saturated carbocycles. The summed E-state index contributed by atoms with van der Waals surface area (Å²) in [4.78, 5) is 4.36. The first-order valence-corrected chi connectivity index (χ1v) is 6.04. The van der Waals surface area contributed by atoms with E-state index >= 15 is 0 Å². The van der Waals surface area contributed by atoms with Gasteiger partial charge in [0.15, 0.2) is 5.13 Å². The molecule has 1 heterocycles. The number of nitrogens with zero attached hydrogens (tertiary/aromatic N) is 1. The largest absolute Gasteiger partial charge is 0.399 e. The second-order valence-corrected chi connectivity index (χ2v) is 5.28. The number of nitrogens with one attached hydrogen (secondary N) is 1. The molecule has 92 valence electrons. The minimum atomic E-state index is -0.764. The van der Waals surface area contributed by atoms with E-state index < -0.39 is 5.54 Å². The Hall–Kier alpha value is -1.37. The van der Waals surface area contributed by atoms with E-state index in [1.165, 1.54) is 11.3 Å². The predicted molar refractivity (Wildman–Crippen MR) is 70.2 cm³/mol. The molecule has 17 heavy (non-hydrogen) atoms. The minimum absolute atomic E-state index is 0.165. The molecular weight excluding hydrogens is 238 g/mol. The lowest BCUT2D eigenvalue weighted by atomic mass is 10.1. The third-order valence-corrected chi connectivity index (χ3v) is 3.45.